The Morgan fingerprint density at radius 3 is 2.58 bits per heavy atom. The maximum absolute atomic E-state index is 11.9. The van der Waals surface area contributed by atoms with Gasteiger partial charge in [0.25, 0.3) is 6.01 Å². The molecule has 0 spiro atoms. The Labute approximate surface area is 206 Å². The molecule has 11 nitrogen and oxygen atoms in total. The number of aromatic nitrogens is 5. The van der Waals surface area contributed by atoms with Crippen LogP contribution in [0.5, 0.6) is 0 Å². The number of nitrogen functional groups attached to an aromatic ring is 2. The lowest BCUT2D eigenvalue weighted by atomic mass is 10.1. The van der Waals surface area contributed by atoms with Crippen LogP contribution in [0.3, 0.4) is 0 Å². The maximum atomic E-state index is 11.9. The standard InChI is InChI=1S/C25H26N8O3/c1-25(2,3)36-24(34)28-11-14-4-6-15(7-5-14)12-33-22-19(21(26)29-13-30-22)20(32-33)16-8-9-18-17(10-16)31-23(27)35-18/h4-10,13H,11-12H2,1-3H3,(H2,27,31)(H,28,34)(H2,26,29,30). The number of anilines is 2. The maximum Gasteiger partial charge on any atom is 0.407 e. The normalized spacial score (nSPS) is 11.8. The van der Waals surface area contributed by atoms with Gasteiger partial charge < -0.3 is 25.9 Å². The second kappa shape index (κ2) is 8.84. The van der Waals surface area contributed by atoms with Gasteiger partial charge in [-0.3, -0.25) is 0 Å². The van der Waals surface area contributed by atoms with E-state index in [1.165, 1.54) is 6.33 Å². The van der Waals surface area contributed by atoms with Crippen molar-refractivity contribution in [2.24, 2.45) is 0 Å². The number of ether oxygens (including phenoxy) is 1. The second-order valence-electron chi connectivity index (χ2n) is 9.37. The number of alkyl carbamates (subject to hydrolysis) is 1. The molecule has 5 N–H and O–H groups in total. The van der Waals surface area contributed by atoms with Crippen LogP contribution in [-0.4, -0.2) is 36.4 Å². The molecule has 36 heavy (non-hydrogen) atoms. The first-order valence-electron chi connectivity index (χ1n) is 11.3. The minimum Gasteiger partial charge on any atom is -0.444 e. The summed E-state index contributed by atoms with van der Waals surface area (Å²) in [4.78, 5) is 24.7. The molecule has 0 fully saturated rings. The molecule has 0 bridgehead atoms. The minimum absolute atomic E-state index is 0.102. The first-order chi connectivity index (χ1) is 17.2. The average molecular weight is 487 g/mol. The topological polar surface area (TPSA) is 160 Å². The van der Waals surface area contributed by atoms with Gasteiger partial charge in [-0.1, -0.05) is 24.3 Å². The van der Waals surface area contributed by atoms with Gasteiger partial charge >= 0.3 is 6.09 Å². The molecular weight excluding hydrogens is 460 g/mol. The summed E-state index contributed by atoms with van der Waals surface area (Å²) in [5.41, 5.74) is 16.6. The van der Waals surface area contributed by atoms with Crippen molar-refractivity contribution in [1.29, 1.82) is 0 Å². The number of oxazole rings is 1. The lowest BCUT2D eigenvalue weighted by Crippen LogP contribution is -2.32. The summed E-state index contributed by atoms with van der Waals surface area (Å²) in [7, 11) is 0. The summed E-state index contributed by atoms with van der Waals surface area (Å²) in [6, 6.07) is 13.5. The van der Waals surface area contributed by atoms with E-state index in [-0.39, 0.29) is 6.01 Å². The lowest BCUT2D eigenvalue weighted by molar-refractivity contribution is 0.0523. The van der Waals surface area contributed by atoms with Gasteiger partial charge in [0.2, 0.25) is 0 Å². The van der Waals surface area contributed by atoms with Crippen molar-refractivity contribution in [2.75, 3.05) is 11.5 Å². The van der Waals surface area contributed by atoms with E-state index in [4.69, 9.17) is 25.7 Å². The van der Waals surface area contributed by atoms with E-state index in [0.717, 1.165) is 16.7 Å². The number of nitrogens with zero attached hydrogens (tertiary/aromatic N) is 5. The Morgan fingerprint density at radius 2 is 1.83 bits per heavy atom. The molecule has 2 aromatic carbocycles. The number of hydrogen-bond donors (Lipinski definition) is 3. The molecular formula is C25H26N8O3. The number of nitrogens with one attached hydrogen (secondary N) is 1. The fourth-order valence-electron chi connectivity index (χ4n) is 3.86. The van der Waals surface area contributed by atoms with Crippen LogP contribution in [0.4, 0.5) is 16.6 Å². The quantitative estimate of drug-likeness (QED) is 0.335. The zero-order valence-electron chi connectivity index (χ0n) is 20.1. The van der Waals surface area contributed by atoms with E-state index in [1.54, 1.807) is 10.7 Å². The second-order valence-corrected chi connectivity index (χ2v) is 9.37. The van der Waals surface area contributed by atoms with Crippen molar-refractivity contribution in [3.8, 4) is 11.3 Å². The highest BCUT2D eigenvalue weighted by molar-refractivity contribution is 5.99. The smallest absolute Gasteiger partial charge is 0.407 e. The van der Waals surface area contributed by atoms with Crippen LogP contribution in [-0.2, 0) is 17.8 Å². The Kier molecular flexibility index (Phi) is 5.67. The molecule has 3 aromatic heterocycles. The number of amides is 1. The van der Waals surface area contributed by atoms with Crippen molar-refractivity contribution in [3.05, 3.63) is 59.9 Å². The Hall–Kier alpha value is -4.67. The Bertz CT molecular complexity index is 1560. The Balaban J connectivity index is 1.40. The number of benzene rings is 2. The molecule has 5 aromatic rings. The zero-order chi connectivity index (χ0) is 25.4. The van der Waals surface area contributed by atoms with E-state index >= 15 is 0 Å². The fraction of sp³-hybridized carbons (Fsp3) is 0.240. The van der Waals surface area contributed by atoms with Crippen LogP contribution in [0.15, 0.2) is 53.2 Å². The van der Waals surface area contributed by atoms with Gasteiger partial charge in [0.1, 0.15) is 29.0 Å². The average Bonchev–Trinajstić information content (AvgIpc) is 3.37. The summed E-state index contributed by atoms with van der Waals surface area (Å²) in [5, 5.41) is 8.24. The summed E-state index contributed by atoms with van der Waals surface area (Å²) in [6.45, 7) is 6.31. The molecule has 3 heterocycles. The highest BCUT2D eigenvalue weighted by atomic mass is 16.6. The minimum atomic E-state index is -0.541. The van der Waals surface area contributed by atoms with E-state index in [2.05, 4.69) is 20.3 Å². The molecule has 11 heteroatoms. The third-order valence-corrected chi connectivity index (χ3v) is 5.43. The van der Waals surface area contributed by atoms with Gasteiger partial charge in [0, 0.05) is 12.1 Å². The number of hydrogen-bond acceptors (Lipinski definition) is 9. The van der Waals surface area contributed by atoms with E-state index in [1.807, 2.05) is 57.2 Å². The summed E-state index contributed by atoms with van der Waals surface area (Å²) < 4.78 is 12.4. The largest absolute Gasteiger partial charge is 0.444 e. The van der Waals surface area contributed by atoms with E-state index in [0.29, 0.717) is 46.7 Å². The molecule has 184 valence electrons. The van der Waals surface area contributed by atoms with Crippen LogP contribution < -0.4 is 16.8 Å². The molecule has 0 aliphatic carbocycles. The number of carbonyl (C=O) groups is 1. The molecule has 0 saturated carbocycles. The third-order valence-electron chi connectivity index (χ3n) is 5.43. The Morgan fingerprint density at radius 1 is 1.08 bits per heavy atom. The monoisotopic (exact) mass is 486 g/mol. The zero-order valence-corrected chi connectivity index (χ0v) is 20.1. The molecule has 0 aliphatic rings. The molecule has 0 saturated heterocycles. The third kappa shape index (κ3) is 4.76. The van der Waals surface area contributed by atoms with Gasteiger partial charge in [0.15, 0.2) is 11.2 Å². The van der Waals surface area contributed by atoms with Crippen molar-refractivity contribution in [2.45, 2.75) is 39.5 Å². The first-order valence-corrected chi connectivity index (χ1v) is 11.3. The number of carbonyl (C=O) groups excluding carboxylic acids is 1. The van der Waals surface area contributed by atoms with Gasteiger partial charge in [0.05, 0.1) is 11.9 Å². The lowest BCUT2D eigenvalue weighted by Gasteiger charge is -2.19. The highest BCUT2D eigenvalue weighted by Gasteiger charge is 2.19. The fourth-order valence-corrected chi connectivity index (χ4v) is 3.86. The van der Waals surface area contributed by atoms with Crippen molar-refractivity contribution in [3.63, 3.8) is 0 Å². The predicted molar refractivity (Wildman–Crippen MR) is 136 cm³/mol. The van der Waals surface area contributed by atoms with Gasteiger partial charge in [-0.2, -0.15) is 10.1 Å². The molecule has 5 rings (SSSR count). The molecule has 0 radical (unpaired) electrons. The van der Waals surface area contributed by atoms with E-state index < -0.39 is 11.7 Å². The van der Waals surface area contributed by atoms with Crippen molar-refractivity contribution in [1.82, 2.24) is 30.0 Å². The van der Waals surface area contributed by atoms with E-state index in [9.17, 15) is 4.79 Å². The number of rotatable bonds is 5. The van der Waals surface area contributed by atoms with Crippen LogP contribution in [0.2, 0.25) is 0 Å². The van der Waals surface area contributed by atoms with Crippen LogP contribution >= 0.6 is 0 Å². The molecule has 0 atom stereocenters. The van der Waals surface area contributed by atoms with Crippen molar-refractivity contribution < 1.29 is 13.9 Å². The van der Waals surface area contributed by atoms with Crippen LogP contribution in [0, 0.1) is 0 Å². The molecule has 0 unspecified atom stereocenters. The molecule has 0 aliphatic heterocycles. The summed E-state index contributed by atoms with van der Waals surface area (Å²) >= 11 is 0. The number of nitrogens with two attached hydrogens (primary N) is 2. The highest BCUT2D eigenvalue weighted by Crippen LogP contribution is 2.32. The summed E-state index contributed by atoms with van der Waals surface area (Å²) in [5.74, 6) is 0.338. The first kappa shape index (κ1) is 23.1. The molecule has 1 amide bonds. The number of fused-ring (bicyclic) bond motifs is 2. The van der Waals surface area contributed by atoms with Crippen LogP contribution in [0.25, 0.3) is 33.4 Å². The van der Waals surface area contributed by atoms with Crippen LogP contribution in [0.1, 0.15) is 31.9 Å². The van der Waals surface area contributed by atoms with Gasteiger partial charge in [-0.15, -0.1) is 0 Å². The van der Waals surface area contributed by atoms with Gasteiger partial charge in [-0.25, -0.2) is 19.4 Å². The SMILES string of the molecule is CC(C)(C)OC(=O)NCc1ccc(Cn2nc(-c3ccc4oc(N)nc4c3)c3c(N)ncnc32)cc1. The summed E-state index contributed by atoms with van der Waals surface area (Å²) in [6.07, 6.45) is 0.970. The van der Waals surface area contributed by atoms with Gasteiger partial charge in [-0.05, 0) is 50.1 Å². The van der Waals surface area contributed by atoms with Crippen molar-refractivity contribution >= 4 is 40.1 Å². The predicted octanol–water partition coefficient (Wildman–Crippen LogP) is 3.87.